The second kappa shape index (κ2) is 3.80. The normalized spacial score (nSPS) is 35.1. The molecule has 3 unspecified atom stereocenters. The van der Waals surface area contributed by atoms with Gasteiger partial charge in [0, 0.05) is 19.0 Å². The van der Waals surface area contributed by atoms with Gasteiger partial charge in [-0.05, 0) is 43.9 Å². The molecule has 2 rings (SSSR count). The van der Waals surface area contributed by atoms with Crippen molar-refractivity contribution in [2.24, 2.45) is 23.7 Å². The molecular formula is C13H23NO. The van der Waals surface area contributed by atoms with Crippen LogP contribution in [0.2, 0.25) is 0 Å². The molecule has 3 atom stereocenters. The third kappa shape index (κ3) is 2.04. The Morgan fingerprint density at radius 3 is 2.13 bits per heavy atom. The fraction of sp³-hybridized carbons (Fsp3) is 0.923. The van der Waals surface area contributed by atoms with E-state index in [1.165, 1.54) is 19.3 Å². The third-order valence-electron chi connectivity index (χ3n) is 4.52. The number of hydrogen-bond acceptors (Lipinski definition) is 1. The fourth-order valence-electron chi connectivity index (χ4n) is 2.85. The van der Waals surface area contributed by atoms with Gasteiger partial charge in [0.05, 0.1) is 0 Å². The van der Waals surface area contributed by atoms with Crippen LogP contribution < -0.4 is 0 Å². The first-order valence-electron chi connectivity index (χ1n) is 6.27. The summed E-state index contributed by atoms with van der Waals surface area (Å²) in [5, 5.41) is 0. The second-order valence-corrected chi connectivity index (χ2v) is 5.86. The Kier molecular flexibility index (Phi) is 2.78. The first-order valence-corrected chi connectivity index (χ1v) is 6.27. The van der Waals surface area contributed by atoms with E-state index in [0.717, 1.165) is 11.8 Å². The Bertz CT molecular complexity index is 251. The van der Waals surface area contributed by atoms with Crippen LogP contribution in [0.3, 0.4) is 0 Å². The summed E-state index contributed by atoms with van der Waals surface area (Å²) in [5.41, 5.74) is 0. The Balaban J connectivity index is 1.89. The van der Waals surface area contributed by atoms with Crippen molar-refractivity contribution >= 4 is 5.91 Å². The molecule has 0 N–H and O–H groups in total. The van der Waals surface area contributed by atoms with E-state index in [1.54, 1.807) is 0 Å². The molecule has 0 aromatic carbocycles. The van der Waals surface area contributed by atoms with Crippen molar-refractivity contribution in [3.8, 4) is 0 Å². The number of carbonyl (C=O) groups is 1. The van der Waals surface area contributed by atoms with Gasteiger partial charge in [-0.2, -0.15) is 0 Å². The van der Waals surface area contributed by atoms with Crippen LogP contribution in [0.1, 0.15) is 40.0 Å². The van der Waals surface area contributed by atoms with Crippen LogP contribution in [-0.4, -0.2) is 23.9 Å². The second-order valence-electron chi connectivity index (χ2n) is 5.86. The van der Waals surface area contributed by atoms with E-state index in [0.29, 0.717) is 23.8 Å². The fourth-order valence-corrected chi connectivity index (χ4v) is 2.85. The standard InChI is InChI=1S/C13H23NO/c1-8(2)9(3)14(4)13(15)12-6-10-5-11(10)7-12/h8-12H,5-7H2,1-4H3. The highest BCUT2D eigenvalue weighted by molar-refractivity contribution is 5.79. The summed E-state index contributed by atoms with van der Waals surface area (Å²) in [4.78, 5) is 14.2. The molecule has 0 aromatic heterocycles. The summed E-state index contributed by atoms with van der Waals surface area (Å²) >= 11 is 0. The van der Waals surface area contributed by atoms with Gasteiger partial charge in [0.2, 0.25) is 5.91 Å². The first kappa shape index (κ1) is 11.0. The maximum absolute atomic E-state index is 12.2. The molecule has 0 heterocycles. The molecule has 86 valence electrons. The first-order chi connectivity index (χ1) is 7.00. The van der Waals surface area contributed by atoms with E-state index < -0.39 is 0 Å². The largest absolute Gasteiger partial charge is 0.343 e. The smallest absolute Gasteiger partial charge is 0.225 e. The van der Waals surface area contributed by atoms with Gasteiger partial charge in [0.1, 0.15) is 0 Å². The maximum atomic E-state index is 12.2. The topological polar surface area (TPSA) is 20.3 Å². The van der Waals surface area contributed by atoms with Crippen LogP contribution >= 0.6 is 0 Å². The summed E-state index contributed by atoms with van der Waals surface area (Å²) in [5.74, 6) is 3.10. The highest BCUT2D eigenvalue weighted by atomic mass is 16.2. The summed E-state index contributed by atoms with van der Waals surface area (Å²) < 4.78 is 0. The van der Waals surface area contributed by atoms with Crippen LogP contribution in [-0.2, 0) is 4.79 Å². The molecular weight excluding hydrogens is 186 g/mol. The summed E-state index contributed by atoms with van der Waals surface area (Å²) in [7, 11) is 1.97. The summed E-state index contributed by atoms with van der Waals surface area (Å²) in [6.45, 7) is 6.51. The molecule has 2 heteroatoms. The Hall–Kier alpha value is -0.530. The van der Waals surface area contributed by atoms with Crippen LogP contribution in [0.15, 0.2) is 0 Å². The van der Waals surface area contributed by atoms with Crippen LogP contribution in [0, 0.1) is 23.7 Å². The van der Waals surface area contributed by atoms with Crippen LogP contribution in [0.4, 0.5) is 0 Å². The number of hydrogen-bond donors (Lipinski definition) is 0. The lowest BCUT2D eigenvalue weighted by molar-refractivity contribution is -0.136. The molecule has 2 aliphatic rings. The SMILES string of the molecule is CC(C)C(C)N(C)C(=O)C1CC2CC2C1. The number of nitrogens with zero attached hydrogens (tertiary/aromatic N) is 1. The monoisotopic (exact) mass is 209 g/mol. The third-order valence-corrected chi connectivity index (χ3v) is 4.52. The lowest BCUT2D eigenvalue weighted by Gasteiger charge is -2.30. The van der Waals surface area contributed by atoms with Crippen LogP contribution in [0.25, 0.3) is 0 Å². The van der Waals surface area contributed by atoms with Crippen molar-refractivity contribution in [1.29, 1.82) is 0 Å². The van der Waals surface area contributed by atoms with Gasteiger partial charge in [-0.25, -0.2) is 0 Å². The Labute approximate surface area is 93.0 Å². The molecule has 0 spiro atoms. The van der Waals surface area contributed by atoms with E-state index >= 15 is 0 Å². The molecule has 0 aromatic rings. The highest BCUT2D eigenvalue weighted by Gasteiger charge is 2.48. The minimum Gasteiger partial charge on any atom is -0.343 e. The predicted octanol–water partition coefficient (Wildman–Crippen LogP) is 2.54. The van der Waals surface area contributed by atoms with Crippen molar-refractivity contribution in [3.63, 3.8) is 0 Å². The van der Waals surface area contributed by atoms with Gasteiger partial charge in [-0.3, -0.25) is 4.79 Å². The lowest BCUT2D eigenvalue weighted by atomic mass is 9.99. The highest BCUT2D eigenvalue weighted by Crippen LogP contribution is 2.54. The minimum absolute atomic E-state index is 0.347. The van der Waals surface area contributed by atoms with E-state index in [1.807, 2.05) is 11.9 Å². The van der Waals surface area contributed by atoms with E-state index in [4.69, 9.17) is 0 Å². The predicted molar refractivity (Wildman–Crippen MR) is 61.4 cm³/mol. The molecule has 0 aliphatic heterocycles. The van der Waals surface area contributed by atoms with Gasteiger partial charge in [0.15, 0.2) is 0 Å². The quantitative estimate of drug-likeness (QED) is 0.699. The number of amides is 1. The van der Waals surface area contributed by atoms with Crippen molar-refractivity contribution in [2.75, 3.05) is 7.05 Å². The molecule has 2 nitrogen and oxygen atoms in total. The zero-order valence-electron chi connectivity index (χ0n) is 10.4. The zero-order valence-corrected chi connectivity index (χ0v) is 10.4. The van der Waals surface area contributed by atoms with Gasteiger partial charge in [-0.15, -0.1) is 0 Å². The minimum atomic E-state index is 0.347. The van der Waals surface area contributed by atoms with E-state index in [9.17, 15) is 4.79 Å². The average molecular weight is 209 g/mol. The average Bonchev–Trinajstić information content (AvgIpc) is 2.82. The Morgan fingerprint density at radius 2 is 1.67 bits per heavy atom. The van der Waals surface area contributed by atoms with Gasteiger partial charge < -0.3 is 4.90 Å². The molecule has 0 saturated heterocycles. The molecule has 1 amide bonds. The van der Waals surface area contributed by atoms with Gasteiger partial charge in [0.25, 0.3) is 0 Å². The van der Waals surface area contributed by atoms with E-state index in [-0.39, 0.29) is 0 Å². The van der Waals surface area contributed by atoms with E-state index in [2.05, 4.69) is 20.8 Å². The van der Waals surface area contributed by atoms with Crippen molar-refractivity contribution < 1.29 is 4.79 Å². The van der Waals surface area contributed by atoms with Crippen molar-refractivity contribution in [1.82, 2.24) is 4.90 Å². The maximum Gasteiger partial charge on any atom is 0.225 e. The van der Waals surface area contributed by atoms with Crippen LogP contribution in [0.5, 0.6) is 0 Å². The molecule has 2 aliphatic carbocycles. The summed E-state index contributed by atoms with van der Waals surface area (Å²) in [6.07, 6.45) is 3.73. The molecule has 2 saturated carbocycles. The Morgan fingerprint density at radius 1 is 1.13 bits per heavy atom. The van der Waals surface area contributed by atoms with Crippen molar-refractivity contribution in [2.45, 2.75) is 46.1 Å². The zero-order chi connectivity index (χ0) is 11.2. The number of fused-ring (bicyclic) bond motifs is 1. The molecule has 15 heavy (non-hydrogen) atoms. The lowest BCUT2D eigenvalue weighted by Crippen LogP contribution is -2.41. The molecule has 0 bridgehead atoms. The summed E-state index contributed by atoms with van der Waals surface area (Å²) in [6, 6.07) is 0.370. The molecule has 0 radical (unpaired) electrons. The van der Waals surface area contributed by atoms with Gasteiger partial charge in [-0.1, -0.05) is 13.8 Å². The number of rotatable bonds is 3. The number of carbonyl (C=O) groups excluding carboxylic acids is 1. The molecule has 2 fully saturated rings. The van der Waals surface area contributed by atoms with Crippen molar-refractivity contribution in [3.05, 3.63) is 0 Å². The van der Waals surface area contributed by atoms with Gasteiger partial charge >= 0.3 is 0 Å².